The van der Waals surface area contributed by atoms with Gasteiger partial charge in [-0.25, -0.2) is 21.6 Å². The Morgan fingerprint density at radius 2 is 2.05 bits per heavy atom. The molecule has 1 rings (SSSR count). The Kier molecular flexibility index (Phi) is 4.96. The summed E-state index contributed by atoms with van der Waals surface area (Å²) < 4.78 is 48.0. The molecule has 0 aliphatic rings. The van der Waals surface area contributed by atoms with Crippen molar-refractivity contribution >= 4 is 37.1 Å². The first kappa shape index (κ1) is 16.0. The van der Waals surface area contributed by atoms with E-state index in [1.165, 1.54) is 18.3 Å². The molecule has 0 fully saturated rings. The van der Waals surface area contributed by atoms with Crippen molar-refractivity contribution in [2.45, 2.75) is 4.90 Å². The average Bonchev–Trinajstić information content (AvgIpc) is 2.27. The number of sulfonamides is 1. The predicted octanol–water partition coefficient (Wildman–Crippen LogP) is -0.961. The molecule has 0 spiro atoms. The number of nitrogens with zero attached hydrogens (tertiary/aromatic N) is 1. The van der Waals surface area contributed by atoms with Crippen molar-refractivity contribution in [3.05, 3.63) is 24.0 Å². The number of rotatable bonds is 6. The van der Waals surface area contributed by atoms with Crippen molar-refractivity contribution in [2.24, 2.45) is 5.73 Å². The lowest BCUT2D eigenvalue weighted by atomic mass is 10.3. The molecule has 19 heavy (non-hydrogen) atoms. The summed E-state index contributed by atoms with van der Waals surface area (Å²) in [4.78, 5) is 3.48. The molecule has 7 nitrogen and oxygen atoms in total. The Balaban J connectivity index is 2.98. The molecule has 1 aromatic heterocycles. The van der Waals surface area contributed by atoms with Gasteiger partial charge in [-0.15, -0.1) is 0 Å². The molecular weight excluding hydrogens is 310 g/mol. The zero-order valence-electron chi connectivity index (χ0n) is 10.0. The van der Waals surface area contributed by atoms with Gasteiger partial charge in [0, 0.05) is 19.0 Å². The van der Waals surface area contributed by atoms with E-state index in [2.05, 4.69) is 9.71 Å². The normalized spacial score (nSPS) is 12.3. The highest BCUT2D eigenvalue weighted by atomic mass is 32.2. The Hall–Kier alpha value is -1.10. The van der Waals surface area contributed by atoms with Crippen LogP contribution >= 0.6 is 12.2 Å². The number of sulfone groups is 1. The second-order valence-electron chi connectivity index (χ2n) is 3.74. The maximum absolute atomic E-state index is 12.0. The van der Waals surface area contributed by atoms with Gasteiger partial charge in [0.25, 0.3) is 0 Å². The van der Waals surface area contributed by atoms with E-state index >= 15 is 0 Å². The largest absolute Gasteiger partial charge is 0.388 e. The second-order valence-corrected chi connectivity index (χ2v) is 8.18. The number of nitrogens with one attached hydrogen (secondary N) is 1. The summed E-state index contributed by atoms with van der Waals surface area (Å²) in [7, 11) is -7.15. The fourth-order valence-corrected chi connectivity index (χ4v) is 3.26. The molecule has 0 bridgehead atoms. The van der Waals surface area contributed by atoms with E-state index in [0.29, 0.717) is 0 Å². The fourth-order valence-electron chi connectivity index (χ4n) is 1.23. The van der Waals surface area contributed by atoms with Crippen molar-refractivity contribution in [1.82, 2.24) is 9.71 Å². The molecular formula is C9H13N3O4S3. The number of hydrogen-bond acceptors (Lipinski definition) is 6. The van der Waals surface area contributed by atoms with E-state index in [9.17, 15) is 16.8 Å². The van der Waals surface area contributed by atoms with Gasteiger partial charge >= 0.3 is 0 Å². The van der Waals surface area contributed by atoms with Gasteiger partial charge in [0.15, 0.2) is 0 Å². The van der Waals surface area contributed by atoms with Crippen LogP contribution in [0.25, 0.3) is 0 Å². The second kappa shape index (κ2) is 5.90. The zero-order valence-corrected chi connectivity index (χ0v) is 12.5. The maximum atomic E-state index is 12.0. The molecule has 0 aliphatic carbocycles. The van der Waals surface area contributed by atoms with Crippen LogP contribution in [0.4, 0.5) is 0 Å². The van der Waals surface area contributed by atoms with Crippen molar-refractivity contribution < 1.29 is 16.8 Å². The molecule has 3 N–H and O–H groups in total. The van der Waals surface area contributed by atoms with Crippen LogP contribution in [0.5, 0.6) is 0 Å². The third-order valence-electron chi connectivity index (χ3n) is 2.06. The highest BCUT2D eigenvalue weighted by Crippen LogP contribution is 2.12. The molecule has 0 amide bonds. The van der Waals surface area contributed by atoms with E-state index in [1.54, 1.807) is 0 Å². The minimum atomic E-state index is -3.90. The monoisotopic (exact) mass is 323 g/mol. The number of hydrogen-bond donors (Lipinski definition) is 2. The minimum absolute atomic E-state index is 0.0237. The zero-order chi connectivity index (χ0) is 14.7. The highest BCUT2D eigenvalue weighted by molar-refractivity contribution is 7.91. The maximum Gasteiger partial charge on any atom is 0.242 e. The van der Waals surface area contributed by atoms with Crippen LogP contribution < -0.4 is 10.5 Å². The van der Waals surface area contributed by atoms with E-state index in [4.69, 9.17) is 18.0 Å². The average molecular weight is 323 g/mol. The summed E-state index contributed by atoms with van der Waals surface area (Å²) in [5.41, 5.74) is 5.37. The Labute approximate surface area is 117 Å². The van der Waals surface area contributed by atoms with Crippen molar-refractivity contribution in [3.8, 4) is 0 Å². The van der Waals surface area contributed by atoms with E-state index in [0.717, 1.165) is 6.26 Å². The van der Waals surface area contributed by atoms with Gasteiger partial charge < -0.3 is 5.73 Å². The topological polar surface area (TPSA) is 119 Å². The molecule has 0 saturated heterocycles. The first-order valence-electron chi connectivity index (χ1n) is 5.06. The first-order valence-corrected chi connectivity index (χ1v) is 9.01. The van der Waals surface area contributed by atoms with Crippen molar-refractivity contribution in [1.29, 1.82) is 0 Å². The van der Waals surface area contributed by atoms with Crippen LogP contribution in [-0.4, -0.2) is 45.4 Å². The van der Waals surface area contributed by atoms with Crippen LogP contribution in [0.15, 0.2) is 23.2 Å². The standard InChI is InChI=1S/C9H13N3O4S3/c1-18(13,14)6-5-12-19(15,16)7-3-2-4-11-8(7)9(10)17/h2-4,12H,5-6H2,1H3,(H2,10,17). The molecule has 0 unspecified atom stereocenters. The smallest absolute Gasteiger partial charge is 0.242 e. The molecule has 106 valence electrons. The Morgan fingerprint density at radius 1 is 1.42 bits per heavy atom. The predicted molar refractivity (Wildman–Crippen MR) is 75.0 cm³/mol. The number of thiocarbonyl (C=S) groups is 1. The van der Waals surface area contributed by atoms with Crippen LogP contribution in [0, 0.1) is 0 Å². The Bertz CT molecular complexity index is 682. The van der Waals surface area contributed by atoms with Gasteiger partial charge in [-0.2, -0.15) is 0 Å². The molecule has 1 heterocycles. The van der Waals surface area contributed by atoms with Crippen LogP contribution in [0.1, 0.15) is 5.69 Å². The molecule has 0 atom stereocenters. The SMILES string of the molecule is CS(=O)(=O)CCNS(=O)(=O)c1cccnc1C(N)=S. The lowest BCUT2D eigenvalue weighted by Crippen LogP contribution is -2.31. The van der Waals surface area contributed by atoms with Crippen molar-refractivity contribution in [2.75, 3.05) is 18.6 Å². The summed E-state index contributed by atoms with van der Waals surface area (Å²) >= 11 is 4.72. The third kappa shape index (κ3) is 4.82. The molecule has 0 radical (unpaired) electrons. The lowest BCUT2D eigenvalue weighted by molar-refractivity contribution is 0.581. The summed E-state index contributed by atoms with van der Waals surface area (Å²) in [5, 5.41) is 0. The Morgan fingerprint density at radius 3 is 2.58 bits per heavy atom. The highest BCUT2D eigenvalue weighted by Gasteiger charge is 2.20. The fraction of sp³-hybridized carbons (Fsp3) is 0.333. The number of pyridine rings is 1. The molecule has 0 saturated carbocycles. The lowest BCUT2D eigenvalue weighted by Gasteiger charge is -2.09. The van der Waals surface area contributed by atoms with Crippen molar-refractivity contribution in [3.63, 3.8) is 0 Å². The van der Waals surface area contributed by atoms with E-state index in [-0.39, 0.29) is 27.9 Å². The summed E-state index contributed by atoms with van der Waals surface area (Å²) in [5.74, 6) is -0.297. The third-order valence-corrected chi connectivity index (χ3v) is 4.69. The summed E-state index contributed by atoms with van der Waals surface area (Å²) in [6.07, 6.45) is 2.38. The number of nitrogens with two attached hydrogens (primary N) is 1. The molecule has 0 aliphatic heterocycles. The van der Waals surface area contributed by atoms with Gasteiger partial charge in [-0.1, -0.05) is 12.2 Å². The molecule has 10 heteroatoms. The summed E-state index contributed by atoms with van der Waals surface area (Å²) in [6, 6.07) is 2.72. The van der Waals surface area contributed by atoms with Crippen LogP contribution in [-0.2, 0) is 19.9 Å². The molecule has 0 aromatic carbocycles. The van der Waals surface area contributed by atoms with Gasteiger partial charge in [-0.05, 0) is 12.1 Å². The van der Waals surface area contributed by atoms with Gasteiger partial charge in [-0.3, -0.25) is 4.98 Å². The quantitative estimate of drug-likeness (QED) is 0.647. The minimum Gasteiger partial charge on any atom is -0.388 e. The first-order chi connectivity index (χ1) is 8.63. The van der Waals surface area contributed by atoms with Gasteiger partial charge in [0.2, 0.25) is 10.0 Å². The van der Waals surface area contributed by atoms with Gasteiger partial charge in [0.1, 0.15) is 25.4 Å². The van der Waals surface area contributed by atoms with E-state index < -0.39 is 19.9 Å². The number of aromatic nitrogens is 1. The van der Waals surface area contributed by atoms with Gasteiger partial charge in [0.05, 0.1) is 5.75 Å². The van der Waals surface area contributed by atoms with E-state index in [1.807, 2.05) is 0 Å². The summed E-state index contributed by atoms with van der Waals surface area (Å²) in [6.45, 7) is -0.229. The van der Waals surface area contributed by atoms with Crippen LogP contribution in [0.3, 0.4) is 0 Å². The molecule has 1 aromatic rings. The van der Waals surface area contributed by atoms with Crippen LogP contribution in [0.2, 0.25) is 0 Å².